The molecule has 0 saturated heterocycles. The van der Waals surface area contributed by atoms with E-state index in [1.54, 1.807) is 0 Å². The Labute approximate surface area is 118 Å². The molecule has 0 fully saturated rings. The van der Waals surface area contributed by atoms with E-state index in [-0.39, 0.29) is 5.84 Å². The third kappa shape index (κ3) is 3.47. The van der Waals surface area contributed by atoms with Crippen LogP contribution in [0.1, 0.15) is 12.1 Å². The second-order valence-electron chi connectivity index (χ2n) is 4.47. The van der Waals surface area contributed by atoms with Crippen LogP contribution in [0.5, 0.6) is 0 Å². The highest BCUT2D eigenvalue weighted by Crippen LogP contribution is 2.23. The van der Waals surface area contributed by atoms with E-state index in [2.05, 4.69) is 10.1 Å². The maximum Gasteiger partial charge on any atom is 0.140 e. The minimum Gasteiger partial charge on any atom is -0.409 e. The van der Waals surface area contributed by atoms with Gasteiger partial charge in [-0.15, -0.1) is 0 Å². The molecule has 2 rings (SSSR count). The van der Waals surface area contributed by atoms with E-state index >= 15 is 0 Å². The summed E-state index contributed by atoms with van der Waals surface area (Å²) in [5.41, 5.74) is 7.54. The van der Waals surface area contributed by atoms with Gasteiger partial charge in [0.15, 0.2) is 0 Å². The van der Waals surface area contributed by atoms with Gasteiger partial charge in [0, 0.05) is 24.3 Å². The first kappa shape index (κ1) is 13.9. The molecule has 0 aliphatic carbocycles. The number of hydrogen-bond donors (Lipinski definition) is 2. The first-order valence-corrected chi connectivity index (χ1v) is 6.43. The van der Waals surface area contributed by atoms with Crippen LogP contribution in [0.15, 0.2) is 53.7 Å². The van der Waals surface area contributed by atoms with Crippen LogP contribution in [0, 0.1) is 6.92 Å². The summed E-state index contributed by atoms with van der Waals surface area (Å²) < 4.78 is 0. The van der Waals surface area contributed by atoms with Gasteiger partial charge in [-0.3, -0.25) is 0 Å². The molecule has 1 aromatic heterocycles. The van der Waals surface area contributed by atoms with Gasteiger partial charge < -0.3 is 15.8 Å². The first-order valence-electron chi connectivity index (χ1n) is 6.43. The Balaban J connectivity index is 2.29. The van der Waals surface area contributed by atoms with Crippen LogP contribution in [-0.2, 0) is 0 Å². The van der Waals surface area contributed by atoms with E-state index < -0.39 is 0 Å². The largest absolute Gasteiger partial charge is 0.409 e. The van der Waals surface area contributed by atoms with Crippen LogP contribution < -0.4 is 10.6 Å². The molecule has 2 aromatic rings. The average molecular weight is 270 g/mol. The van der Waals surface area contributed by atoms with Crippen molar-refractivity contribution >= 4 is 17.3 Å². The number of aromatic nitrogens is 1. The van der Waals surface area contributed by atoms with Gasteiger partial charge in [0.05, 0.1) is 0 Å². The lowest BCUT2D eigenvalue weighted by molar-refractivity contribution is 0.317. The fourth-order valence-electron chi connectivity index (χ4n) is 1.94. The number of nitrogens with two attached hydrogens (primary N) is 1. The summed E-state index contributed by atoms with van der Waals surface area (Å²) in [5, 5.41) is 11.7. The van der Waals surface area contributed by atoms with Crippen molar-refractivity contribution in [1.82, 2.24) is 4.98 Å². The number of para-hydroxylation sites is 1. The Hall–Kier alpha value is -2.56. The van der Waals surface area contributed by atoms with Gasteiger partial charge >= 0.3 is 0 Å². The Morgan fingerprint density at radius 1 is 1.20 bits per heavy atom. The number of pyridine rings is 1. The Morgan fingerprint density at radius 3 is 2.60 bits per heavy atom. The number of hydrogen-bond acceptors (Lipinski definition) is 4. The highest BCUT2D eigenvalue weighted by atomic mass is 16.4. The molecule has 1 heterocycles. The van der Waals surface area contributed by atoms with Crippen LogP contribution in [0.25, 0.3) is 0 Å². The Kier molecular flexibility index (Phi) is 4.55. The molecule has 104 valence electrons. The minimum absolute atomic E-state index is 0.207. The molecule has 0 aliphatic heterocycles. The second-order valence-corrected chi connectivity index (χ2v) is 4.47. The molecule has 1 aromatic carbocycles. The summed E-state index contributed by atoms with van der Waals surface area (Å²) in [6, 6.07) is 15.8. The van der Waals surface area contributed by atoms with Crippen molar-refractivity contribution in [2.24, 2.45) is 10.9 Å². The highest BCUT2D eigenvalue weighted by molar-refractivity contribution is 5.80. The van der Waals surface area contributed by atoms with Gasteiger partial charge in [0.25, 0.3) is 0 Å². The lowest BCUT2D eigenvalue weighted by Gasteiger charge is -2.24. The maximum atomic E-state index is 8.66. The van der Waals surface area contributed by atoms with Crippen molar-refractivity contribution < 1.29 is 5.21 Å². The van der Waals surface area contributed by atoms with Gasteiger partial charge in [-0.25, -0.2) is 4.98 Å². The van der Waals surface area contributed by atoms with Gasteiger partial charge in [-0.05, 0) is 31.2 Å². The monoisotopic (exact) mass is 270 g/mol. The average Bonchev–Trinajstić information content (AvgIpc) is 2.48. The molecule has 5 nitrogen and oxygen atoms in total. The summed E-state index contributed by atoms with van der Waals surface area (Å²) in [6.07, 6.45) is 0.459. The zero-order valence-electron chi connectivity index (χ0n) is 11.4. The molecule has 5 heteroatoms. The van der Waals surface area contributed by atoms with Crippen molar-refractivity contribution in [1.29, 1.82) is 0 Å². The van der Waals surface area contributed by atoms with Crippen LogP contribution in [-0.4, -0.2) is 22.6 Å². The SMILES string of the molecule is Cc1cccc(N(CC/C(N)=N/O)c2ccccc2)n1. The number of rotatable bonds is 5. The van der Waals surface area contributed by atoms with E-state index in [1.807, 2.05) is 60.4 Å². The van der Waals surface area contributed by atoms with Crippen LogP contribution in [0.4, 0.5) is 11.5 Å². The fourth-order valence-corrected chi connectivity index (χ4v) is 1.94. The molecule has 3 N–H and O–H groups in total. The van der Waals surface area contributed by atoms with Gasteiger partial charge in [0.2, 0.25) is 0 Å². The van der Waals surface area contributed by atoms with E-state index in [1.165, 1.54) is 0 Å². The quantitative estimate of drug-likeness (QED) is 0.379. The zero-order valence-corrected chi connectivity index (χ0v) is 11.4. The van der Waals surface area contributed by atoms with Crippen molar-refractivity contribution in [3.8, 4) is 0 Å². The van der Waals surface area contributed by atoms with Gasteiger partial charge in [0.1, 0.15) is 11.7 Å². The summed E-state index contributed by atoms with van der Waals surface area (Å²) >= 11 is 0. The number of benzene rings is 1. The molecule has 20 heavy (non-hydrogen) atoms. The molecule has 0 spiro atoms. The molecule has 0 saturated carbocycles. The second kappa shape index (κ2) is 6.56. The summed E-state index contributed by atoms with van der Waals surface area (Å²) in [6.45, 7) is 2.55. The highest BCUT2D eigenvalue weighted by Gasteiger charge is 2.11. The number of anilines is 2. The third-order valence-electron chi connectivity index (χ3n) is 2.94. The van der Waals surface area contributed by atoms with Crippen molar-refractivity contribution in [2.45, 2.75) is 13.3 Å². The normalized spacial score (nSPS) is 11.3. The summed E-state index contributed by atoms with van der Waals surface area (Å²) in [7, 11) is 0. The molecular formula is C15H18N4O. The molecule has 0 aliphatic rings. The zero-order chi connectivity index (χ0) is 14.4. The number of aryl methyl sites for hydroxylation is 1. The minimum atomic E-state index is 0.207. The fraction of sp³-hybridized carbons (Fsp3) is 0.200. The van der Waals surface area contributed by atoms with Crippen LogP contribution in [0.2, 0.25) is 0 Å². The molecule has 0 atom stereocenters. The maximum absolute atomic E-state index is 8.66. The molecule has 0 unspecified atom stereocenters. The Bertz CT molecular complexity index is 583. The van der Waals surface area contributed by atoms with Crippen LogP contribution in [0.3, 0.4) is 0 Å². The van der Waals surface area contributed by atoms with Crippen molar-refractivity contribution in [3.63, 3.8) is 0 Å². The predicted octanol–water partition coefficient (Wildman–Crippen LogP) is 2.66. The van der Waals surface area contributed by atoms with Gasteiger partial charge in [-0.1, -0.05) is 29.4 Å². The lowest BCUT2D eigenvalue weighted by atomic mass is 10.2. The van der Waals surface area contributed by atoms with Crippen LogP contribution >= 0.6 is 0 Å². The third-order valence-corrected chi connectivity index (χ3v) is 2.94. The van der Waals surface area contributed by atoms with Crippen molar-refractivity contribution in [3.05, 3.63) is 54.2 Å². The van der Waals surface area contributed by atoms with Gasteiger partial charge in [-0.2, -0.15) is 0 Å². The van der Waals surface area contributed by atoms with E-state index in [0.717, 1.165) is 17.2 Å². The van der Waals surface area contributed by atoms with E-state index in [4.69, 9.17) is 10.9 Å². The lowest BCUT2D eigenvalue weighted by Crippen LogP contribution is -2.25. The Morgan fingerprint density at radius 2 is 1.95 bits per heavy atom. The first-order chi connectivity index (χ1) is 9.70. The smallest absolute Gasteiger partial charge is 0.140 e. The summed E-state index contributed by atoms with van der Waals surface area (Å²) in [4.78, 5) is 6.58. The van der Waals surface area contributed by atoms with E-state index in [0.29, 0.717) is 13.0 Å². The topological polar surface area (TPSA) is 74.7 Å². The molecule has 0 bridgehead atoms. The standard InChI is InChI=1S/C15H18N4O/c1-12-6-5-9-15(17-12)19(11-10-14(16)18-20)13-7-3-2-4-8-13/h2-9,20H,10-11H2,1H3,(H2,16,18). The molecule has 0 amide bonds. The molecular weight excluding hydrogens is 252 g/mol. The summed E-state index contributed by atoms with van der Waals surface area (Å²) in [5.74, 6) is 1.06. The molecule has 0 radical (unpaired) electrons. The predicted molar refractivity (Wildman–Crippen MR) is 80.4 cm³/mol. The number of nitrogens with zero attached hydrogens (tertiary/aromatic N) is 3. The van der Waals surface area contributed by atoms with E-state index in [9.17, 15) is 0 Å². The van der Waals surface area contributed by atoms with Crippen molar-refractivity contribution in [2.75, 3.05) is 11.4 Å². The number of amidine groups is 1. The number of oxime groups is 1.